The Morgan fingerprint density at radius 2 is 2.00 bits per heavy atom. The van der Waals surface area contributed by atoms with E-state index >= 15 is 0 Å². The Morgan fingerprint density at radius 3 is 2.72 bits per heavy atom. The van der Waals surface area contributed by atoms with Gasteiger partial charge in [-0.1, -0.05) is 12.1 Å². The first-order valence-corrected chi connectivity index (χ1v) is 5.65. The molecule has 5 nitrogen and oxygen atoms in total. The van der Waals surface area contributed by atoms with Gasteiger partial charge in [-0.05, 0) is 19.1 Å². The molecular formula is C13H15N3O2. The molecule has 0 saturated heterocycles. The Hall–Kier alpha value is -2.30. The number of methoxy groups -OCH3 is 1. The number of nitrogen functional groups attached to an aromatic ring is 1. The molecule has 1 heterocycles. The Labute approximate surface area is 106 Å². The van der Waals surface area contributed by atoms with Crippen molar-refractivity contribution in [2.45, 2.75) is 6.92 Å². The minimum Gasteiger partial charge on any atom is -0.493 e. The first-order valence-electron chi connectivity index (χ1n) is 5.65. The number of hydrogen-bond acceptors (Lipinski definition) is 5. The molecule has 1 aromatic carbocycles. The fraction of sp³-hybridized carbons (Fsp3) is 0.231. The van der Waals surface area contributed by atoms with E-state index in [1.807, 2.05) is 31.2 Å². The van der Waals surface area contributed by atoms with Crippen molar-refractivity contribution in [1.29, 1.82) is 0 Å². The van der Waals surface area contributed by atoms with Crippen LogP contribution in [0.25, 0.3) is 11.3 Å². The van der Waals surface area contributed by atoms with E-state index < -0.39 is 0 Å². The molecule has 0 fully saturated rings. The second-order valence-corrected chi connectivity index (χ2v) is 3.58. The summed E-state index contributed by atoms with van der Waals surface area (Å²) in [7, 11) is 1.54. The standard InChI is InChI=1S/C13H15N3O2/c1-3-18-11-7-5-4-6-9(11)10-8-12(17-2)16-13(14)15-10/h4-8H,3H2,1-2H3,(H2,14,15,16). The summed E-state index contributed by atoms with van der Waals surface area (Å²) in [5, 5.41) is 0. The van der Waals surface area contributed by atoms with Gasteiger partial charge < -0.3 is 15.2 Å². The van der Waals surface area contributed by atoms with E-state index in [1.165, 1.54) is 0 Å². The highest BCUT2D eigenvalue weighted by Crippen LogP contribution is 2.30. The summed E-state index contributed by atoms with van der Waals surface area (Å²) in [6, 6.07) is 9.38. The van der Waals surface area contributed by atoms with Crippen LogP contribution in [0.5, 0.6) is 11.6 Å². The number of rotatable bonds is 4. The summed E-state index contributed by atoms with van der Waals surface area (Å²) in [6.45, 7) is 2.53. The molecule has 2 aromatic rings. The number of ether oxygens (including phenoxy) is 2. The maximum atomic E-state index is 5.65. The maximum Gasteiger partial charge on any atom is 0.223 e. The molecule has 0 saturated carbocycles. The highest BCUT2D eigenvalue weighted by molar-refractivity contribution is 5.68. The molecule has 0 aliphatic heterocycles. The van der Waals surface area contributed by atoms with Crippen molar-refractivity contribution in [3.05, 3.63) is 30.3 Å². The zero-order valence-corrected chi connectivity index (χ0v) is 10.4. The van der Waals surface area contributed by atoms with Crippen LogP contribution in [-0.4, -0.2) is 23.7 Å². The summed E-state index contributed by atoms with van der Waals surface area (Å²) in [4.78, 5) is 8.16. The summed E-state index contributed by atoms with van der Waals surface area (Å²) < 4.78 is 10.6. The molecule has 18 heavy (non-hydrogen) atoms. The molecule has 0 bridgehead atoms. The third kappa shape index (κ3) is 2.51. The quantitative estimate of drug-likeness (QED) is 0.893. The molecule has 2 N–H and O–H groups in total. The zero-order valence-electron chi connectivity index (χ0n) is 10.4. The Kier molecular flexibility index (Phi) is 3.62. The highest BCUT2D eigenvalue weighted by atomic mass is 16.5. The predicted octanol–water partition coefficient (Wildman–Crippen LogP) is 2.13. The third-order valence-corrected chi connectivity index (χ3v) is 2.39. The van der Waals surface area contributed by atoms with Gasteiger partial charge in [0.15, 0.2) is 0 Å². The number of hydrogen-bond donors (Lipinski definition) is 1. The van der Waals surface area contributed by atoms with Crippen molar-refractivity contribution in [3.63, 3.8) is 0 Å². The van der Waals surface area contributed by atoms with Gasteiger partial charge >= 0.3 is 0 Å². The van der Waals surface area contributed by atoms with E-state index in [2.05, 4.69) is 9.97 Å². The van der Waals surface area contributed by atoms with Crippen molar-refractivity contribution in [1.82, 2.24) is 9.97 Å². The lowest BCUT2D eigenvalue weighted by Gasteiger charge is -2.10. The summed E-state index contributed by atoms with van der Waals surface area (Å²) in [5.41, 5.74) is 7.20. The molecule has 0 aliphatic rings. The summed E-state index contributed by atoms with van der Waals surface area (Å²) >= 11 is 0. The highest BCUT2D eigenvalue weighted by Gasteiger charge is 2.09. The summed E-state index contributed by atoms with van der Waals surface area (Å²) in [6.07, 6.45) is 0. The largest absolute Gasteiger partial charge is 0.493 e. The number of para-hydroxylation sites is 1. The number of aromatic nitrogens is 2. The first-order chi connectivity index (χ1) is 8.74. The van der Waals surface area contributed by atoms with Gasteiger partial charge in [0.25, 0.3) is 0 Å². The van der Waals surface area contributed by atoms with Crippen molar-refractivity contribution in [3.8, 4) is 22.9 Å². The van der Waals surface area contributed by atoms with Crippen LogP contribution < -0.4 is 15.2 Å². The predicted molar refractivity (Wildman–Crippen MR) is 69.6 cm³/mol. The van der Waals surface area contributed by atoms with Crippen LogP contribution in [0.4, 0.5) is 5.95 Å². The van der Waals surface area contributed by atoms with E-state index in [0.717, 1.165) is 11.3 Å². The van der Waals surface area contributed by atoms with Crippen molar-refractivity contribution in [2.75, 3.05) is 19.5 Å². The average molecular weight is 245 g/mol. The van der Waals surface area contributed by atoms with Crippen molar-refractivity contribution in [2.24, 2.45) is 0 Å². The normalized spacial score (nSPS) is 10.1. The van der Waals surface area contributed by atoms with Gasteiger partial charge in [-0.2, -0.15) is 4.98 Å². The van der Waals surface area contributed by atoms with E-state index in [1.54, 1.807) is 13.2 Å². The lowest BCUT2D eigenvalue weighted by Crippen LogP contribution is -2.00. The van der Waals surface area contributed by atoms with E-state index in [-0.39, 0.29) is 5.95 Å². The van der Waals surface area contributed by atoms with Gasteiger partial charge in [0, 0.05) is 11.6 Å². The van der Waals surface area contributed by atoms with Gasteiger partial charge in [-0.3, -0.25) is 0 Å². The van der Waals surface area contributed by atoms with Crippen LogP contribution in [0.15, 0.2) is 30.3 Å². The van der Waals surface area contributed by atoms with Crippen LogP contribution in [-0.2, 0) is 0 Å². The van der Waals surface area contributed by atoms with E-state index in [9.17, 15) is 0 Å². The molecule has 5 heteroatoms. The molecule has 0 amide bonds. The second kappa shape index (κ2) is 5.35. The molecule has 2 rings (SSSR count). The molecule has 0 spiro atoms. The zero-order chi connectivity index (χ0) is 13.0. The number of anilines is 1. The van der Waals surface area contributed by atoms with Gasteiger partial charge in [0.05, 0.1) is 19.4 Å². The topological polar surface area (TPSA) is 70.3 Å². The molecule has 0 aliphatic carbocycles. The van der Waals surface area contributed by atoms with Crippen molar-refractivity contribution >= 4 is 5.95 Å². The van der Waals surface area contributed by atoms with Crippen LogP contribution in [0.2, 0.25) is 0 Å². The molecule has 0 unspecified atom stereocenters. The Bertz CT molecular complexity index is 544. The van der Waals surface area contributed by atoms with Gasteiger partial charge in [0.2, 0.25) is 11.8 Å². The monoisotopic (exact) mass is 245 g/mol. The summed E-state index contributed by atoms with van der Waals surface area (Å²) in [5.74, 6) is 1.37. The van der Waals surface area contributed by atoms with Crippen LogP contribution in [0.3, 0.4) is 0 Å². The number of nitrogens with two attached hydrogens (primary N) is 1. The van der Waals surface area contributed by atoms with Crippen LogP contribution >= 0.6 is 0 Å². The van der Waals surface area contributed by atoms with Crippen molar-refractivity contribution < 1.29 is 9.47 Å². The molecule has 0 radical (unpaired) electrons. The minimum absolute atomic E-state index is 0.177. The fourth-order valence-electron chi connectivity index (χ4n) is 1.64. The number of nitrogens with zero attached hydrogens (tertiary/aromatic N) is 2. The second-order valence-electron chi connectivity index (χ2n) is 3.58. The van der Waals surface area contributed by atoms with Crippen LogP contribution in [0.1, 0.15) is 6.92 Å². The first kappa shape index (κ1) is 12.2. The van der Waals surface area contributed by atoms with Gasteiger partial charge in [-0.15, -0.1) is 0 Å². The Balaban J connectivity index is 2.50. The van der Waals surface area contributed by atoms with Gasteiger partial charge in [0.1, 0.15) is 5.75 Å². The fourth-order valence-corrected chi connectivity index (χ4v) is 1.64. The maximum absolute atomic E-state index is 5.65. The molecule has 0 atom stereocenters. The number of benzene rings is 1. The lowest BCUT2D eigenvalue weighted by molar-refractivity contribution is 0.341. The van der Waals surface area contributed by atoms with Gasteiger partial charge in [-0.25, -0.2) is 4.98 Å². The smallest absolute Gasteiger partial charge is 0.223 e. The molecule has 94 valence electrons. The SMILES string of the molecule is CCOc1ccccc1-c1cc(OC)nc(N)n1. The third-order valence-electron chi connectivity index (χ3n) is 2.39. The average Bonchev–Trinajstić information content (AvgIpc) is 2.39. The minimum atomic E-state index is 0.177. The van der Waals surface area contributed by atoms with E-state index in [4.69, 9.17) is 15.2 Å². The molecule has 1 aromatic heterocycles. The molecular weight excluding hydrogens is 230 g/mol. The van der Waals surface area contributed by atoms with E-state index in [0.29, 0.717) is 18.2 Å². The van der Waals surface area contributed by atoms with Crippen LogP contribution in [0, 0.1) is 0 Å². The Morgan fingerprint density at radius 1 is 1.22 bits per heavy atom. The lowest BCUT2D eigenvalue weighted by atomic mass is 10.1.